The molecular formula is C22H26N2O4. The molecular weight excluding hydrogens is 356 g/mol. The van der Waals surface area contributed by atoms with Crippen LogP contribution < -0.4 is 15.4 Å². The molecule has 0 spiro atoms. The third kappa shape index (κ3) is 4.70. The van der Waals surface area contributed by atoms with Gasteiger partial charge in [0.25, 0.3) is 5.91 Å². The minimum Gasteiger partial charge on any atom is -0.493 e. The number of amides is 2. The van der Waals surface area contributed by atoms with E-state index in [1.165, 1.54) is 0 Å². The van der Waals surface area contributed by atoms with Crippen LogP contribution in [0.2, 0.25) is 0 Å². The molecule has 1 aliphatic heterocycles. The Labute approximate surface area is 164 Å². The van der Waals surface area contributed by atoms with Crippen LogP contribution >= 0.6 is 0 Å². The first kappa shape index (κ1) is 19.9. The number of benzene rings is 2. The van der Waals surface area contributed by atoms with E-state index in [4.69, 9.17) is 4.74 Å². The van der Waals surface area contributed by atoms with Crippen LogP contribution in [0.15, 0.2) is 42.5 Å². The fourth-order valence-electron chi connectivity index (χ4n) is 3.23. The van der Waals surface area contributed by atoms with Crippen molar-refractivity contribution in [3.8, 4) is 16.9 Å². The van der Waals surface area contributed by atoms with E-state index >= 15 is 0 Å². The van der Waals surface area contributed by atoms with Gasteiger partial charge in [-0.3, -0.25) is 9.59 Å². The van der Waals surface area contributed by atoms with Crippen LogP contribution in [0.25, 0.3) is 11.1 Å². The molecule has 2 aromatic rings. The highest BCUT2D eigenvalue weighted by atomic mass is 16.5. The van der Waals surface area contributed by atoms with Crippen molar-refractivity contribution in [1.82, 2.24) is 10.6 Å². The van der Waals surface area contributed by atoms with E-state index in [1.54, 1.807) is 12.1 Å². The van der Waals surface area contributed by atoms with Crippen molar-refractivity contribution < 1.29 is 19.4 Å². The van der Waals surface area contributed by atoms with E-state index in [9.17, 15) is 14.7 Å². The average Bonchev–Trinajstić information content (AvgIpc) is 2.73. The SMILES string of the molecule is CCCOc1ccc(-c2cccc(C(=O)NC3CCCNC3=O)c2)cc1CO. The summed E-state index contributed by atoms with van der Waals surface area (Å²) in [4.78, 5) is 24.5. The molecule has 0 aromatic heterocycles. The van der Waals surface area contributed by atoms with Crippen LogP contribution in [0.1, 0.15) is 42.1 Å². The lowest BCUT2D eigenvalue weighted by Gasteiger charge is -2.22. The van der Waals surface area contributed by atoms with Gasteiger partial charge in [0.1, 0.15) is 11.8 Å². The molecule has 3 rings (SSSR count). The van der Waals surface area contributed by atoms with Gasteiger partial charge < -0.3 is 20.5 Å². The summed E-state index contributed by atoms with van der Waals surface area (Å²) in [5.41, 5.74) is 2.95. The summed E-state index contributed by atoms with van der Waals surface area (Å²) >= 11 is 0. The molecule has 1 unspecified atom stereocenters. The second kappa shape index (κ2) is 9.37. The van der Waals surface area contributed by atoms with E-state index in [-0.39, 0.29) is 18.4 Å². The van der Waals surface area contributed by atoms with E-state index in [1.807, 2.05) is 37.3 Å². The monoisotopic (exact) mass is 382 g/mol. The molecule has 1 fully saturated rings. The predicted octanol–water partition coefficient (Wildman–Crippen LogP) is 2.64. The standard InChI is InChI=1S/C22H26N2O4/c1-2-11-28-20-9-8-16(13-18(20)14-25)15-5-3-6-17(12-15)21(26)24-19-7-4-10-23-22(19)27/h3,5-6,8-9,12-13,19,25H,2,4,7,10-11,14H2,1H3,(H,23,27)(H,24,26). The number of aliphatic hydroxyl groups excluding tert-OH is 1. The second-order valence-electron chi connectivity index (χ2n) is 6.87. The number of carbonyl (C=O) groups excluding carboxylic acids is 2. The maximum atomic E-state index is 12.6. The molecule has 1 heterocycles. The zero-order chi connectivity index (χ0) is 19.9. The lowest BCUT2D eigenvalue weighted by atomic mass is 10.00. The molecule has 0 bridgehead atoms. The van der Waals surface area contributed by atoms with Gasteiger partial charge in [0.15, 0.2) is 0 Å². The minimum atomic E-state index is -0.485. The lowest BCUT2D eigenvalue weighted by molar-refractivity contribution is -0.124. The minimum absolute atomic E-state index is 0.121. The zero-order valence-corrected chi connectivity index (χ0v) is 16.0. The van der Waals surface area contributed by atoms with Gasteiger partial charge in [-0.05, 0) is 54.7 Å². The molecule has 6 heteroatoms. The van der Waals surface area contributed by atoms with Crippen LogP contribution in [-0.4, -0.2) is 36.1 Å². The summed E-state index contributed by atoms with van der Waals surface area (Å²) in [5, 5.41) is 15.2. The fourth-order valence-corrected chi connectivity index (χ4v) is 3.23. The van der Waals surface area contributed by atoms with Crippen LogP contribution in [0, 0.1) is 0 Å². The van der Waals surface area contributed by atoms with Crippen molar-refractivity contribution in [2.45, 2.75) is 38.8 Å². The van der Waals surface area contributed by atoms with E-state index in [2.05, 4.69) is 10.6 Å². The molecule has 2 amide bonds. The topological polar surface area (TPSA) is 87.7 Å². The summed E-state index contributed by atoms with van der Waals surface area (Å²) in [6, 6.07) is 12.4. The Kier molecular flexibility index (Phi) is 6.66. The molecule has 1 atom stereocenters. The molecule has 0 saturated carbocycles. The van der Waals surface area contributed by atoms with Gasteiger partial charge in [0.2, 0.25) is 5.91 Å². The van der Waals surface area contributed by atoms with Gasteiger partial charge in [0, 0.05) is 17.7 Å². The lowest BCUT2D eigenvalue weighted by Crippen LogP contribution is -2.50. The Hall–Kier alpha value is -2.86. The molecule has 28 heavy (non-hydrogen) atoms. The molecule has 2 aromatic carbocycles. The number of carbonyl (C=O) groups is 2. The van der Waals surface area contributed by atoms with Gasteiger partial charge in [-0.2, -0.15) is 0 Å². The number of aliphatic hydroxyl groups is 1. The molecule has 0 aliphatic carbocycles. The van der Waals surface area contributed by atoms with Gasteiger partial charge in [-0.25, -0.2) is 0 Å². The largest absolute Gasteiger partial charge is 0.493 e. The summed E-state index contributed by atoms with van der Waals surface area (Å²) in [7, 11) is 0. The van der Waals surface area contributed by atoms with Gasteiger partial charge in [0.05, 0.1) is 13.2 Å². The number of hydrogen-bond acceptors (Lipinski definition) is 4. The van der Waals surface area contributed by atoms with Crippen molar-refractivity contribution in [3.63, 3.8) is 0 Å². The quantitative estimate of drug-likeness (QED) is 0.687. The number of piperidine rings is 1. The van der Waals surface area contributed by atoms with Crippen molar-refractivity contribution in [2.24, 2.45) is 0 Å². The fraction of sp³-hybridized carbons (Fsp3) is 0.364. The maximum Gasteiger partial charge on any atom is 0.251 e. The molecule has 1 saturated heterocycles. The Balaban J connectivity index is 1.78. The van der Waals surface area contributed by atoms with Crippen molar-refractivity contribution >= 4 is 11.8 Å². The van der Waals surface area contributed by atoms with E-state index in [0.29, 0.717) is 36.4 Å². The smallest absolute Gasteiger partial charge is 0.251 e. The Morgan fingerprint density at radius 2 is 2.07 bits per heavy atom. The van der Waals surface area contributed by atoms with E-state index in [0.717, 1.165) is 24.0 Å². The Morgan fingerprint density at radius 1 is 1.25 bits per heavy atom. The van der Waals surface area contributed by atoms with Gasteiger partial charge in [-0.1, -0.05) is 25.1 Å². The highest BCUT2D eigenvalue weighted by molar-refractivity contribution is 5.98. The first-order chi connectivity index (χ1) is 13.6. The zero-order valence-electron chi connectivity index (χ0n) is 16.0. The number of rotatable bonds is 7. The summed E-state index contributed by atoms with van der Waals surface area (Å²) in [6.45, 7) is 3.16. The summed E-state index contributed by atoms with van der Waals surface area (Å²) in [6.07, 6.45) is 2.40. The third-order valence-corrected chi connectivity index (χ3v) is 4.74. The first-order valence-electron chi connectivity index (χ1n) is 9.68. The van der Waals surface area contributed by atoms with Gasteiger partial charge >= 0.3 is 0 Å². The average molecular weight is 382 g/mol. The highest BCUT2D eigenvalue weighted by Crippen LogP contribution is 2.27. The van der Waals surface area contributed by atoms with Gasteiger partial charge in [-0.15, -0.1) is 0 Å². The molecule has 0 radical (unpaired) electrons. The summed E-state index contributed by atoms with van der Waals surface area (Å²) in [5.74, 6) is 0.269. The molecule has 1 aliphatic rings. The highest BCUT2D eigenvalue weighted by Gasteiger charge is 2.24. The molecule has 3 N–H and O–H groups in total. The van der Waals surface area contributed by atoms with Crippen molar-refractivity contribution in [3.05, 3.63) is 53.6 Å². The van der Waals surface area contributed by atoms with E-state index < -0.39 is 6.04 Å². The predicted molar refractivity (Wildman–Crippen MR) is 107 cm³/mol. The number of nitrogens with one attached hydrogen (secondary N) is 2. The maximum absolute atomic E-state index is 12.6. The van der Waals surface area contributed by atoms with Crippen LogP contribution in [0.4, 0.5) is 0 Å². The third-order valence-electron chi connectivity index (χ3n) is 4.74. The number of hydrogen-bond donors (Lipinski definition) is 3. The number of ether oxygens (including phenoxy) is 1. The van der Waals surface area contributed by atoms with Crippen LogP contribution in [-0.2, 0) is 11.4 Å². The van der Waals surface area contributed by atoms with Crippen LogP contribution in [0.3, 0.4) is 0 Å². The summed E-state index contributed by atoms with van der Waals surface area (Å²) < 4.78 is 5.66. The normalized spacial score (nSPS) is 16.4. The Bertz CT molecular complexity index is 850. The van der Waals surface area contributed by atoms with Crippen molar-refractivity contribution in [2.75, 3.05) is 13.2 Å². The van der Waals surface area contributed by atoms with Crippen LogP contribution in [0.5, 0.6) is 5.75 Å². The Morgan fingerprint density at radius 3 is 2.82 bits per heavy atom. The second-order valence-corrected chi connectivity index (χ2v) is 6.87. The molecule has 6 nitrogen and oxygen atoms in total. The molecule has 148 valence electrons. The van der Waals surface area contributed by atoms with Crippen molar-refractivity contribution in [1.29, 1.82) is 0 Å². The first-order valence-corrected chi connectivity index (χ1v) is 9.68.